The molecular weight excluding hydrogens is 426 g/mol. The highest BCUT2D eigenvalue weighted by molar-refractivity contribution is 6.31. The number of anilines is 1. The number of aryl methyl sites for hydroxylation is 2. The van der Waals surface area contributed by atoms with Crippen molar-refractivity contribution in [1.82, 2.24) is 9.80 Å². The second kappa shape index (κ2) is 9.51. The maximum Gasteiger partial charge on any atom is 0.254 e. The van der Waals surface area contributed by atoms with Crippen molar-refractivity contribution in [3.63, 3.8) is 0 Å². The van der Waals surface area contributed by atoms with E-state index in [0.29, 0.717) is 23.3 Å². The van der Waals surface area contributed by atoms with Crippen molar-refractivity contribution in [3.8, 4) is 5.75 Å². The van der Waals surface area contributed by atoms with Crippen LogP contribution in [0, 0.1) is 25.7 Å². The Kier molecular flexibility index (Phi) is 6.72. The molecule has 2 amide bonds. The number of halogens is 1. The Morgan fingerprint density at radius 2 is 1.75 bits per heavy atom. The lowest BCUT2D eigenvalue weighted by atomic mass is 10.0. The number of carbonyl (C=O) groups is 2. The number of amides is 2. The molecule has 0 saturated carbocycles. The van der Waals surface area contributed by atoms with Gasteiger partial charge in [0.1, 0.15) is 5.75 Å². The van der Waals surface area contributed by atoms with Crippen molar-refractivity contribution < 1.29 is 14.3 Å². The van der Waals surface area contributed by atoms with Gasteiger partial charge >= 0.3 is 0 Å². The molecule has 0 radical (unpaired) electrons. The molecule has 2 aliphatic heterocycles. The molecule has 1 N–H and O–H groups in total. The minimum Gasteiger partial charge on any atom is -0.497 e. The lowest BCUT2D eigenvalue weighted by Crippen LogP contribution is -2.34. The number of nitrogens with one attached hydrogen (secondary N) is 1. The van der Waals surface area contributed by atoms with Crippen molar-refractivity contribution in [1.29, 1.82) is 0 Å². The van der Waals surface area contributed by atoms with Gasteiger partial charge in [-0.25, -0.2) is 0 Å². The van der Waals surface area contributed by atoms with Gasteiger partial charge in [-0.1, -0.05) is 17.7 Å². The van der Waals surface area contributed by atoms with E-state index in [0.717, 1.165) is 60.9 Å². The standard InChI is InChI=1S/C25H30ClN3O3/c1-16-4-5-20(11-23(16)26)27-24(30)8-9-28-12-18-14-29(15-19(18)13-28)25(31)22-7-6-21(32-3)10-17(22)2/h4-7,10-11,18-19H,8-9,12-15H2,1-3H3,(H,27,30). The van der Waals surface area contributed by atoms with E-state index in [-0.39, 0.29) is 11.8 Å². The lowest BCUT2D eigenvalue weighted by Gasteiger charge is -2.22. The van der Waals surface area contributed by atoms with Gasteiger partial charge in [-0.3, -0.25) is 9.59 Å². The molecule has 2 atom stereocenters. The van der Waals surface area contributed by atoms with Gasteiger partial charge in [0.25, 0.3) is 5.91 Å². The van der Waals surface area contributed by atoms with Gasteiger partial charge in [-0.15, -0.1) is 0 Å². The Morgan fingerprint density at radius 3 is 2.38 bits per heavy atom. The van der Waals surface area contributed by atoms with E-state index in [1.807, 2.05) is 49.1 Å². The van der Waals surface area contributed by atoms with Gasteiger partial charge in [-0.05, 0) is 67.1 Å². The monoisotopic (exact) mass is 455 g/mol. The van der Waals surface area contributed by atoms with Crippen LogP contribution in [0.1, 0.15) is 27.9 Å². The first-order valence-electron chi connectivity index (χ1n) is 11.1. The van der Waals surface area contributed by atoms with E-state index >= 15 is 0 Å². The summed E-state index contributed by atoms with van der Waals surface area (Å²) in [5, 5.41) is 3.58. The smallest absolute Gasteiger partial charge is 0.254 e. The average Bonchev–Trinajstić information content (AvgIpc) is 3.33. The molecule has 32 heavy (non-hydrogen) atoms. The zero-order chi connectivity index (χ0) is 22.8. The molecule has 2 aromatic carbocycles. The van der Waals surface area contributed by atoms with Gasteiger partial charge in [0, 0.05) is 55.4 Å². The third-order valence-corrected chi connectivity index (χ3v) is 7.03. The fourth-order valence-corrected chi connectivity index (χ4v) is 4.95. The molecule has 2 heterocycles. The molecule has 2 saturated heterocycles. The van der Waals surface area contributed by atoms with Crippen LogP contribution >= 0.6 is 11.6 Å². The van der Waals surface area contributed by atoms with Crippen LogP contribution in [0.3, 0.4) is 0 Å². The van der Waals surface area contributed by atoms with Crippen LogP contribution in [0.2, 0.25) is 5.02 Å². The SMILES string of the molecule is COc1ccc(C(=O)N2CC3CN(CCC(=O)Nc4ccc(C)c(Cl)c4)CC3C2)c(C)c1. The summed E-state index contributed by atoms with van der Waals surface area (Å²) in [6, 6.07) is 11.2. The maximum absolute atomic E-state index is 13.0. The second-order valence-electron chi connectivity index (χ2n) is 8.93. The molecule has 0 bridgehead atoms. The van der Waals surface area contributed by atoms with E-state index in [9.17, 15) is 9.59 Å². The van der Waals surface area contributed by atoms with Crippen LogP contribution in [-0.4, -0.2) is 61.4 Å². The van der Waals surface area contributed by atoms with Gasteiger partial charge in [0.05, 0.1) is 7.11 Å². The highest BCUT2D eigenvalue weighted by Gasteiger charge is 2.41. The second-order valence-corrected chi connectivity index (χ2v) is 9.34. The van der Waals surface area contributed by atoms with Crippen LogP contribution in [-0.2, 0) is 4.79 Å². The number of nitrogens with zero attached hydrogens (tertiary/aromatic N) is 2. The summed E-state index contributed by atoms with van der Waals surface area (Å²) >= 11 is 6.13. The summed E-state index contributed by atoms with van der Waals surface area (Å²) < 4.78 is 5.25. The predicted molar refractivity (Wildman–Crippen MR) is 126 cm³/mol. The Bertz CT molecular complexity index is 1010. The zero-order valence-electron chi connectivity index (χ0n) is 18.9. The number of methoxy groups -OCH3 is 1. The lowest BCUT2D eigenvalue weighted by molar-refractivity contribution is -0.116. The van der Waals surface area contributed by atoms with E-state index in [4.69, 9.17) is 16.3 Å². The molecular formula is C25H30ClN3O3. The zero-order valence-corrected chi connectivity index (χ0v) is 19.6. The Hall–Kier alpha value is -2.57. The number of hydrogen-bond acceptors (Lipinski definition) is 4. The third kappa shape index (κ3) is 4.92. The van der Waals surface area contributed by atoms with Crippen molar-refractivity contribution in [3.05, 3.63) is 58.1 Å². The first-order chi connectivity index (χ1) is 15.3. The number of carbonyl (C=O) groups excluding carboxylic acids is 2. The molecule has 4 rings (SSSR count). The van der Waals surface area contributed by atoms with Crippen molar-refractivity contribution in [2.24, 2.45) is 11.8 Å². The summed E-state index contributed by atoms with van der Waals surface area (Å²) in [7, 11) is 1.63. The fourth-order valence-electron chi connectivity index (χ4n) is 4.77. The van der Waals surface area contributed by atoms with Crippen LogP contribution in [0.15, 0.2) is 36.4 Å². The summed E-state index contributed by atoms with van der Waals surface area (Å²) in [5.74, 6) is 1.80. The van der Waals surface area contributed by atoms with Crippen molar-refractivity contribution in [2.75, 3.05) is 45.2 Å². The number of rotatable bonds is 6. The Morgan fingerprint density at radius 1 is 1.03 bits per heavy atom. The van der Waals surface area contributed by atoms with Gasteiger partial charge in [0.2, 0.25) is 5.91 Å². The Balaban J connectivity index is 1.25. The number of ether oxygens (including phenoxy) is 1. The number of hydrogen-bond donors (Lipinski definition) is 1. The predicted octanol–water partition coefficient (Wildman–Crippen LogP) is 4.00. The van der Waals surface area contributed by atoms with E-state index in [1.54, 1.807) is 13.2 Å². The molecule has 2 aromatic rings. The highest BCUT2D eigenvalue weighted by atomic mass is 35.5. The molecule has 2 fully saturated rings. The minimum absolute atomic E-state index is 0.00577. The van der Waals surface area contributed by atoms with E-state index < -0.39 is 0 Å². The first kappa shape index (κ1) is 22.6. The summed E-state index contributed by atoms with van der Waals surface area (Å²) in [4.78, 5) is 29.7. The van der Waals surface area contributed by atoms with Crippen LogP contribution in [0.4, 0.5) is 5.69 Å². The van der Waals surface area contributed by atoms with Gasteiger partial charge in [-0.2, -0.15) is 0 Å². The van der Waals surface area contributed by atoms with Crippen molar-refractivity contribution in [2.45, 2.75) is 20.3 Å². The highest BCUT2D eigenvalue weighted by Crippen LogP contribution is 2.32. The number of likely N-dealkylation sites (tertiary alicyclic amines) is 2. The first-order valence-corrected chi connectivity index (χ1v) is 11.4. The molecule has 6 nitrogen and oxygen atoms in total. The fraction of sp³-hybridized carbons (Fsp3) is 0.440. The normalized spacial score (nSPS) is 20.3. The third-order valence-electron chi connectivity index (χ3n) is 6.62. The van der Waals surface area contributed by atoms with Crippen LogP contribution in [0.5, 0.6) is 5.75 Å². The number of benzene rings is 2. The van der Waals surface area contributed by atoms with E-state index in [1.165, 1.54) is 0 Å². The molecule has 170 valence electrons. The molecule has 2 unspecified atom stereocenters. The number of fused-ring (bicyclic) bond motifs is 1. The summed E-state index contributed by atoms with van der Waals surface area (Å²) in [6.07, 6.45) is 0.443. The molecule has 7 heteroatoms. The summed E-state index contributed by atoms with van der Waals surface area (Å²) in [6.45, 7) is 8.03. The molecule has 0 spiro atoms. The topological polar surface area (TPSA) is 61.9 Å². The van der Waals surface area contributed by atoms with Crippen LogP contribution in [0.25, 0.3) is 0 Å². The Labute approximate surface area is 194 Å². The summed E-state index contributed by atoms with van der Waals surface area (Å²) in [5.41, 5.74) is 3.40. The van der Waals surface area contributed by atoms with Crippen molar-refractivity contribution >= 4 is 29.1 Å². The molecule has 2 aliphatic rings. The van der Waals surface area contributed by atoms with Crippen LogP contribution < -0.4 is 10.1 Å². The average molecular weight is 456 g/mol. The van der Waals surface area contributed by atoms with Gasteiger partial charge in [0.15, 0.2) is 0 Å². The maximum atomic E-state index is 13.0. The van der Waals surface area contributed by atoms with Gasteiger partial charge < -0.3 is 19.9 Å². The minimum atomic E-state index is -0.00577. The van der Waals surface area contributed by atoms with E-state index in [2.05, 4.69) is 10.2 Å². The molecule has 0 aliphatic carbocycles. The largest absolute Gasteiger partial charge is 0.497 e. The quantitative estimate of drug-likeness (QED) is 0.715. The molecule has 0 aromatic heterocycles.